The highest BCUT2D eigenvalue weighted by Gasteiger charge is 2.69. The molecule has 29 heavy (non-hydrogen) atoms. The number of carbonyl (C=O) groups is 2. The number of nitrogens with one attached hydrogen (secondary N) is 2. The predicted molar refractivity (Wildman–Crippen MR) is 108 cm³/mol. The number of aliphatic imine (C=N–C) groups is 1. The summed E-state index contributed by atoms with van der Waals surface area (Å²) < 4.78 is 0. The van der Waals surface area contributed by atoms with Crippen molar-refractivity contribution in [3.05, 3.63) is 71.8 Å². The Morgan fingerprint density at radius 3 is 2.21 bits per heavy atom. The second-order valence-electron chi connectivity index (χ2n) is 6.84. The maximum atomic E-state index is 13.2. The van der Waals surface area contributed by atoms with Gasteiger partial charge in [-0.3, -0.25) is 15.2 Å². The normalized spacial score (nSPS) is 26.0. The van der Waals surface area contributed by atoms with Crippen molar-refractivity contribution >= 4 is 28.9 Å². The van der Waals surface area contributed by atoms with Gasteiger partial charge in [0.1, 0.15) is 0 Å². The third-order valence-electron chi connectivity index (χ3n) is 5.38. The summed E-state index contributed by atoms with van der Waals surface area (Å²) in [6.07, 6.45) is 0. The van der Waals surface area contributed by atoms with Crippen LogP contribution >= 0.6 is 11.8 Å². The molecule has 1 saturated heterocycles. The van der Waals surface area contributed by atoms with Crippen molar-refractivity contribution in [1.29, 1.82) is 0 Å². The molecule has 0 saturated carbocycles. The molecule has 1 fully saturated rings. The molecular weight excluding hydrogens is 390 g/mol. The molecule has 2 aromatic rings. The molecule has 2 aliphatic heterocycles. The summed E-state index contributed by atoms with van der Waals surface area (Å²) in [5.74, 6) is -1.45. The first-order chi connectivity index (χ1) is 13.9. The van der Waals surface area contributed by atoms with Crippen molar-refractivity contribution in [3.8, 4) is 0 Å². The molecule has 4 rings (SSSR count). The van der Waals surface area contributed by atoms with Gasteiger partial charge in [-0.2, -0.15) is 0 Å². The van der Waals surface area contributed by atoms with Crippen molar-refractivity contribution in [2.75, 3.05) is 19.8 Å². The number of rotatable bonds is 4. The Labute approximate surface area is 172 Å². The fraction of sp³-hybridized carbons (Fsp3) is 0.250. The van der Waals surface area contributed by atoms with Gasteiger partial charge in [0.25, 0.3) is 0 Å². The highest BCUT2D eigenvalue weighted by Crippen LogP contribution is 2.53. The van der Waals surface area contributed by atoms with Crippen molar-refractivity contribution < 1.29 is 14.7 Å². The van der Waals surface area contributed by atoms with E-state index < -0.39 is 17.3 Å². The number of carboxylic acids is 1. The molecule has 2 N–H and O–H groups in total. The Bertz CT molecular complexity index is 971. The molecule has 2 amide bonds. The predicted octanol–water partition coefficient (Wildman–Crippen LogP) is 0.637. The van der Waals surface area contributed by atoms with Gasteiger partial charge < -0.3 is 9.90 Å². The summed E-state index contributed by atoms with van der Waals surface area (Å²) in [5, 5.41) is 11.3. The summed E-state index contributed by atoms with van der Waals surface area (Å²) in [6.45, 7) is 0. The van der Waals surface area contributed by atoms with Gasteiger partial charge in [0.05, 0.1) is 5.97 Å². The van der Waals surface area contributed by atoms with Gasteiger partial charge in [-0.25, -0.2) is 15.2 Å². The van der Waals surface area contributed by atoms with Crippen LogP contribution in [0.1, 0.15) is 11.1 Å². The largest absolute Gasteiger partial charge is 0.549 e. The Hall–Kier alpha value is -3.04. The number of amides is 2. The lowest BCUT2D eigenvalue weighted by atomic mass is 9.80. The number of hydrogen-bond donors (Lipinski definition) is 2. The molecule has 0 spiro atoms. The smallest absolute Gasteiger partial charge is 0.323 e. The summed E-state index contributed by atoms with van der Waals surface area (Å²) in [7, 11) is 3.42. The first-order valence-corrected chi connectivity index (χ1v) is 10.0. The van der Waals surface area contributed by atoms with Crippen LogP contribution in [-0.4, -0.2) is 46.8 Å². The lowest BCUT2D eigenvalue weighted by Gasteiger charge is -2.50. The van der Waals surface area contributed by atoms with E-state index in [1.807, 2.05) is 60.7 Å². The third-order valence-corrected chi connectivity index (χ3v) is 6.22. The molecule has 2 aromatic carbocycles. The van der Waals surface area contributed by atoms with Crippen LogP contribution in [0.3, 0.4) is 0 Å². The Kier molecular flexibility index (Phi) is 4.71. The van der Waals surface area contributed by atoms with Crippen LogP contribution in [0.4, 0.5) is 4.79 Å². The molecular formula is C20H20N5O3S-. The Balaban J connectivity index is 1.99. The number of amidine groups is 1. The third kappa shape index (κ3) is 2.69. The van der Waals surface area contributed by atoms with Crippen LogP contribution in [0.2, 0.25) is 0 Å². The summed E-state index contributed by atoms with van der Waals surface area (Å²) in [5.41, 5.74) is 5.69. The molecule has 0 radical (unpaired) electrons. The second-order valence-corrected chi connectivity index (χ2v) is 7.81. The molecule has 9 heteroatoms. The van der Waals surface area contributed by atoms with Crippen molar-refractivity contribution in [1.82, 2.24) is 20.7 Å². The first-order valence-electron chi connectivity index (χ1n) is 9.02. The quantitative estimate of drug-likeness (QED) is 0.767. The summed E-state index contributed by atoms with van der Waals surface area (Å²) in [6, 6.07) is 18.9. The number of urea groups is 1. The number of fused-ring (bicyclic) bond motifs is 1. The number of thioether (sulfide) groups is 1. The van der Waals surface area contributed by atoms with Crippen LogP contribution in [-0.2, 0) is 16.1 Å². The standard InChI is InChI=1S/C20H21N5O3S/c1-24-18(28)25(2)20(15-11-7-4-8-12-15)19(24,14-9-5-3-6-10-14)21-17(22-23-20)29-13-16(26)27/h3-12,23H,13H2,1-2H3,(H,21,22)(H,26,27)/p-1/t19-,20+/m0/s1. The summed E-state index contributed by atoms with van der Waals surface area (Å²) in [4.78, 5) is 32.3. The Morgan fingerprint density at radius 1 is 1.03 bits per heavy atom. The highest BCUT2D eigenvalue weighted by molar-refractivity contribution is 8.14. The van der Waals surface area contributed by atoms with Crippen molar-refractivity contribution in [3.63, 3.8) is 0 Å². The molecule has 0 unspecified atom stereocenters. The van der Waals surface area contributed by atoms with Gasteiger partial charge in [-0.1, -0.05) is 72.4 Å². The summed E-state index contributed by atoms with van der Waals surface area (Å²) >= 11 is 1.00. The lowest BCUT2D eigenvalue weighted by Crippen LogP contribution is -2.70. The van der Waals surface area contributed by atoms with E-state index in [1.165, 1.54) is 0 Å². The first kappa shape index (κ1) is 19.3. The van der Waals surface area contributed by atoms with E-state index >= 15 is 0 Å². The molecule has 2 atom stereocenters. The Morgan fingerprint density at radius 2 is 1.62 bits per heavy atom. The average Bonchev–Trinajstić information content (AvgIpc) is 2.93. The number of hydrogen-bond acceptors (Lipinski definition) is 7. The molecule has 2 heterocycles. The van der Waals surface area contributed by atoms with Gasteiger partial charge >= 0.3 is 6.03 Å². The maximum absolute atomic E-state index is 13.2. The second kappa shape index (κ2) is 7.09. The molecule has 2 aliphatic rings. The number of carboxylic acid groups (broad SMARTS) is 1. The molecule has 0 bridgehead atoms. The molecule has 150 valence electrons. The number of benzene rings is 2. The van der Waals surface area contributed by atoms with Gasteiger partial charge in [0, 0.05) is 25.4 Å². The number of hydrazine groups is 1. The molecule has 0 aliphatic carbocycles. The van der Waals surface area contributed by atoms with E-state index in [9.17, 15) is 14.7 Å². The van der Waals surface area contributed by atoms with Crippen LogP contribution in [0.5, 0.6) is 0 Å². The minimum atomic E-state index is -1.19. The van der Waals surface area contributed by atoms with Crippen LogP contribution in [0.15, 0.2) is 65.7 Å². The van der Waals surface area contributed by atoms with Gasteiger partial charge in [-0.15, -0.1) is 0 Å². The van der Waals surface area contributed by atoms with Gasteiger partial charge in [-0.05, 0) is 5.56 Å². The van der Waals surface area contributed by atoms with E-state index in [-0.39, 0.29) is 11.8 Å². The average molecular weight is 410 g/mol. The minimum Gasteiger partial charge on any atom is -0.549 e. The van der Waals surface area contributed by atoms with E-state index in [2.05, 4.69) is 10.9 Å². The van der Waals surface area contributed by atoms with E-state index in [1.54, 1.807) is 23.9 Å². The zero-order valence-electron chi connectivity index (χ0n) is 16.0. The minimum absolute atomic E-state index is 0.220. The van der Waals surface area contributed by atoms with Crippen molar-refractivity contribution in [2.45, 2.75) is 11.3 Å². The number of nitrogens with zero attached hydrogens (tertiary/aromatic N) is 3. The van der Waals surface area contributed by atoms with E-state index in [0.717, 1.165) is 22.9 Å². The number of carbonyl (C=O) groups excluding carboxylic acids is 2. The van der Waals surface area contributed by atoms with E-state index in [4.69, 9.17) is 4.99 Å². The fourth-order valence-electron chi connectivity index (χ4n) is 4.11. The topological polar surface area (TPSA) is 100 Å². The van der Waals surface area contributed by atoms with E-state index in [0.29, 0.717) is 5.17 Å². The lowest BCUT2D eigenvalue weighted by molar-refractivity contribution is -0.301. The zero-order chi connectivity index (χ0) is 20.6. The maximum Gasteiger partial charge on any atom is 0.323 e. The zero-order valence-corrected chi connectivity index (χ0v) is 16.8. The van der Waals surface area contributed by atoms with Crippen LogP contribution in [0, 0.1) is 0 Å². The van der Waals surface area contributed by atoms with Crippen molar-refractivity contribution in [2.24, 2.45) is 4.99 Å². The molecule has 8 nitrogen and oxygen atoms in total. The monoisotopic (exact) mass is 410 g/mol. The highest BCUT2D eigenvalue weighted by atomic mass is 32.2. The van der Waals surface area contributed by atoms with Gasteiger partial charge in [0.2, 0.25) is 5.66 Å². The number of aliphatic carboxylic acids is 1. The SMILES string of the molecule is CN1C(=O)N(C)[C@]2(c3ccccc3)N=C(SCC(=O)[O-])NN[C@]12c1ccccc1. The van der Waals surface area contributed by atoms with Gasteiger partial charge in [0.15, 0.2) is 10.8 Å². The molecule has 0 aromatic heterocycles. The number of likely N-dealkylation sites (N-methyl/N-ethyl adjacent to an activating group) is 2. The van der Waals surface area contributed by atoms with Crippen LogP contribution in [0.25, 0.3) is 0 Å². The fourth-order valence-corrected chi connectivity index (χ4v) is 4.68. The van der Waals surface area contributed by atoms with Crippen LogP contribution < -0.4 is 16.0 Å².